The quantitative estimate of drug-likeness (QED) is 0.728. The number of H-pyrrole nitrogens is 1. The minimum Gasteiger partial charge on any atom is -0.389 e. The molecule has 2 aromatic rings. The van der Waals surface area contributed by atoms with Crippen molar-refractivity contribution in [3.63, 3.8) is 0 Å². The first-order valence-corrected chi connectivity index (χ1v) is 6.11. The van der Waals surface area contributed by atoms with E-state index in [2.05, 4.69) is 21.4 Å². The number of pyridine rings is 1. The summed E-state index contributed by atoms with van der Waals surface area (Å²) in [6, 6.07) is 3.99. The molecular formula is C13H17N3O. The lowest BCUT2D eigenvalue weighted by atomic mass is 9.86. The van der Waals surface area contributed by atoms with Crippen LogP contribution in [0.3, 0.4) is 0 Å². The van der Waals surface area contributed by atoms with E-state index in [1.165, 1.54) is 0 Å². The van der Waals surface area contributed by atoms with E-state index in [0.717, 1.165) is 42.5 Å². The molecule has 1 aliphatic heterocycles. The third kappa shape index (κ3) is 2.06. The highest BCUT2D eigenvalue weighted by molar-refractivity contribution is 5.79. The smallest absolute Gasteiger partial charge is 0.137 e. The number of fused-ring (bicyclic) bond motifs is 1. The third-order valence-corrected chi connectivity index (χ3v) is 3.59. The first-order valence-electron chi connectivity index (χ1n) is 6.11. The Bertz CT molecular complexity index is 514. The molecule has 0 spiro atoms. The summed E-state index contributed by atoms with van der Waals surface area (Å²) in [4.78, 5) is 7.43. The molecule has 0 aromatic carbocycles. The minimum absolute atomic E-state index is 0.559. The van der Waals surface area contributed by atoms with Gasteiger partial charge in [-0.15, -0.1) is 0 Å². The van der Waals surface area contributed by atoms with Gasteiger partial charge in [-0.1, -0.05) is 0 Å². The van der Waals surface area contributed by atoms with E-state index in [0.29, 0.717) is 6.42 Å². The first-order chi connectivity index (χ1) is 8.27. The van der Waals surface area contributed by atoms with Crippen LogP contribution < -0.4 is 5.32 Å². The van der Waals surface area contributed by atoms with E-state index in [-0.39, 0.29) is 0 Å². The van der Waals surface area contributed by atoms with Gasteiger partial charge in [-0.05, 0) is 43.6 Å². The fraction of sp³-hybridized carbons (Fsp3) is 0.462. The van der Waals surface area contributed by atoms with Crippen LogP contribution >= 0.6 is 0 Å². The summed E-state index contributed by atoms with van der Waals surface area (Å²) in [6.45, 7) is 1.80. The molecular weight excluding hydrogens is 214 g/mol. The highest BCUT2D eigenvalue weighted by atomic mass is 16.3. The van der Waals surface area contributed by atoms with Crippen LogP contribution in [0.5, 0.6) is 0 Å². The Morgan fingerprint density at radius 2 is 2.18 bits per heavy atom. The molecule has 0 bridgehead atoms. The topological polar surface area (TPSA) is 60.9 Å². The number of nitrogens with one attached hydrogen (secondary N) is 2. The predicted octanol–water partition coefficient (Wildman–Crippen LogP) is 1.22. The van der Waals surface area contributed by atoms with Crippen molar-refractivity contribution in [3.8, 4) is 0 Å². The summed E-state index contributed by atoms with van der Waals surface area (Å²) in [5.41, 5.74) is 1.51. The van der Waals surface area contributed by atoms with Gasteiger partial charge in [0.15, 0.2) is 0 Å². The van der Waals surface area contributed by atoms with Crippen molar-refractivity contribution < 1.29 is 5.11 Å². The maximum absolute atomic E-state index is 10.5. The van der Waals surface area contributed by atoms with Crippen molar-refractivity contribution >= 4 is 11.0 Å². The van der Waals surface area contributed by atoms with Crippen LogP contribution in [0.2, 0.25) is 0 Å². The largest absolute Gasteiger partial charge is 0.389 e. The summed E-state index contributed by atoms with van der Waals surface area (Å²) in [7, 11) is 0. The van der Waals surface area contributed by atoms with Crippen LogP contribution in [0, 0.1) is 0 Å². The van der Waals surface area contributed by atoms with Crippen molar-refractivity contribution in [2.24, 2.45) is 0 Å². The zero-order chi connectivity index (χ0) is 11.7. The molecule has 1 fully saturated rings. The Balaban J connectivity index is 1.89. The van der Waals surface area contributed by atoms with Gasteiger partial charge in [0.25, 0.3) is 0 Å². The van der Waals surface area contributed by atoms with Crippen molar-refractivity contribution in [1.82, 2.24) is 15.3 Å². The Kier molecular flexibility index (Phi) is 2.61. The predicted molar refractivity (Wildman–Crippen MR) is 66.9 cm³/mol. The number of piperidine rings is 1. The molecule has 1 aliphatic rings. The Labute approximate surface area is 100 Å². The van der Waals surface area contributed by atoms with Gasteiger partial charge in [-0.3, -0.25) is 0 Å². The maximum Gasteiger partial charge on any atom is 0.137 e. The molecule has 0 saturated carbocycles. The van der Waals surface area contributed by atoms with Gasteiger partial charge in [-0.2, -0.15) is 0 Å². The Morgan fingerprint density at radius 1 is 1.35 bits per heavy atom. The molecule has 0 amide bonds. The van der Waals surface area contributed by atoms with E-state index in [4.69, 9.17) is 0 Å². The standard InChI is InChI=1S/C13H17N3O/c17-13(3-6-14-7-4-13)8-10-9-16-12-11(10)2-1-5-15-12/h1-2,5,9,14,17H,3-4,6-8H2,(H,15,16). The Morgan fingerprint density at radius 3 is 3.00 bits per heavy atom. The van der Waals surface area contributed by atoms with Crippen molar-refractivity contribution in [2.45, 2.75) is 24.9 Å². The molecule has 2 aromatic heterocycles. The van der Waals surface area contributed by atoms with Crippen molar-refractivity contribution in [2.75, 3.05) is 13.1 Å². The van der Waals surface area contributed by atoms with Gasteiger partial charge >= 0.3 is 0 Å². The van der Waals surface area contributed by atoms with E-state index in [1.54, 1.807) is 6.20 Å². The second kappa shape index (κ2) is 4.13. The molecule has 17 heavy (non-hydrogen) atoms. The average Bonchev–Trinajstić information content (AvgIpc) is 2.73. The normalized spacial score (nSPS) is 19.6. The number of aromatic nitrogens is 2. The number of nitrogens with zero attached hydrogens (tertiary/aromatic N) is 1. The molecule has 0 atom stereocenters. The summed E-state index contributed by atoms with van der Waals surface area (Å²) < 4.78 is 0. The molecule has 0 radical (unpaired) electrons. The number of aromatic amines is 1. The number of hydrogen-bond acceptors (Lipinski definition) is 3. The van der Waals surface area contributed by atoms with Crippen LogP contribution in [0.4, 0.5) is 0 Å². The van der Waals surface area contributed by atoms with Crippen LogP contribution in [0.1, 0.15) is 18.4 Å². The lowest BCUT2D eigenvalue weighted by Gasteiger charge is -2.32. The summed E-state index contributed by atoms with van der Waals surface area (Å²) in [5.74, 6) is 0. The SMILES string of the molecule is OC1(Cc2c[nH]c3ncccc23)CCNCC1. The summed E-state index contributed by atoms with van der Waals surface area (Å²) in [6.07, 6.45) is 6.10. The van der Waals surface area contributed by atoms with Gasteiger partial charge in [0, 0.05) is 24.2 Å². The lowest BCUT2D eigenvalue weighted by molar-refractivity contribution is 0.0111. The van der Waals surface area contributed by atoms with Gasteiger partial charge < -0.3 is 15.4 Å². The average molecular weight is 231 g/mol. The monoisotopic (exact) mass is 231 g/mol. The number of hydrogen-bond donors (Lipinski definition) is 3. The van der Waals surface area contributed by atoms with E-state index in [9.17, 15) is 5.11 Å². The molecule has 3 heterocycles. The maximum atomic E-state index is 10.5. The summed E-state index contributed by atoms with van der Waals surface area (Å²) >= 11 is 0. The highest BCUT2D eigenvalue weighted by Gasteiger charge is 2.30. The molecule has 4 nitrogen and oxygen atoms in total. The van der Waals surface area contributed by atoms with Crippen LogP contribution in [-0.4, -0.2) is 33.8 Å². The van der Waals surface area contributed by atoms with Crippen LogP contribution in [-0.2, 0) is 6.42 Å². The molecule has 4 heteroatoms. The molecule has 3 N–H and O–H groups in total. The molecule has 0 unspecified atom stereocenters. The van der Waals surface area contributed by atoms with Gasteiger partial charge in [0.05, 0.1) is 5.60 Å². The van der Waals surface area contributed by atoms with Gasteiger partial charge in [0.2, 0.25) is 0 Å². The van der Waals surface area contributed by atoms with Gasteiger partial charge in [-0.25, -0.2) is 4.98 Å². The summed E-state index contributed by atoms with van der Waals surface area (Å²) in [5, 5.41) is 14.9. The van der Waals surface area contributed by atoms with E-state index >= 15 is 0 Å². The third-order valence-electron chi connectivity index (χ3n) is 3.59. The number of aliphatic hydroxyl groups is 1. The lowest BCUT2D eigenvalue weighted by Crippen LogP contribution is -2.43. The van der Waals surface area contributed by atoms with Gasteiger partial charge in [0.1, 0.15) is 5.65 Å². The molecule has 90 valence electrons. The fourth-order valence-corrected chi connectivity index (χ4v) is 2.58. The molecule has 3 rings (SSSR count). The molecule has 0 aliphatic carbocycles. The minimum atomic E-state index is -0.559. The fourth-order valence-electron chi connectivity index (χ4n) is 2.58. The van der Waals surface area contributed by atoms with E-state index < -0.39 is 5.60 Å². The molecule has 1 saturated heterocycles. The van der Waals surface area contributed by atoms with Crippen molar-refractivity contribution in [1.29, 1.82) is 0 Å². The second-order valence-corrected chi connectivity index (χ2v) is 4.86. The van der Waals surface area contributed by atoms with E-state index in [1.807, 2.05) is 12.3 Å². The zero-order valence-electron chi connectivity index (χ0n) is 9.74. The second-order valence-electron chi connectivity index (χ2n) is 4.86. The number of rotatable bonds is 2. The Hall–Kier alpha value is -1.39. The zero-order valence-corrected chi connectivity index (χ0v) is 9.74. The van der Waals surface area contributed by atoms with Crippen molar-refractivity contribution in [3.05, 3.63) is 30.1 Å². The first kappa shape index (κ1) is 10.7. The van der Waals surface area contributed by atoms with Crippen LogP contribution in [0.25, 0.3) is 11.0 Å². The van der Waals surface area contributed by atoms with Crippen LogP contribution in [0.15, 0.2) is 24.5 Å². The highest BCUT2D eigenvalue weighted by Crippen LogP contribution is 2.26.